The highest BCUT2D eigenvalue weighted by Gasteiger charge is 2.32. The highest BCUT2D eigenvalue weighted by molar-refractivity contribution is 6.30. The molecule has 1 heterocycles. The number of piperazine rings is 1. The molecule has 1 saturated heterocycles. The average Bonchev–Trinajstić information content (AvgIpc) is 2.85. The third-order valence-corrected chi connectivity index (χ3v) is 4.64. The normalized spacial score (nSPS) is 28.8. The van der Waals surface area contributed by atoms with Gasteiger partial charge in [-0.05, 0) is 37.5 Å². The molecule has 1 N–H and O–H groups in total. The molecule has 0 amide bonds. The summed E-state index contributed by atoms with van der Waals surface area (Å²) in [6, 6.07) is 8.45. The minimum Gasteiger partial charge on any atom is -0.391 e. The minimum atomic E-state index is -0.113. The fourth-order valence-electron chi connectivity index (χ4n) is 3.33. The molecule has 0 bridgehead atoms. The lowest BCUT2D eigenvalue weighted by Gasteiger charge is -2.40. The Morgan fingerprint density at radius 3 is 2.53 bits per heavy atom. The van der Waals surface area contributed by atoms with Gasteiger partial charge in [-0.15, -0.1) is 0 Å². The quantitative estimate of drug-likeness (QED) is 0.901. The third kappa shape index (κ3) is 2.88. The molecular weight excluding hydrogens is 260 g/mol. The first kappa shape index (κ1) is 13.2. The molecule has 19 heavy (non-hydrogen) atoms. The summed E-state index contributed by atoms with van der Waals surface area (Å²) < 4.78 is 0. The topological polar surface area (TPSA) is 26.7 Å². The van der Waals surface area contributed by atoms with Crippen LogP contribution in [0.1, 0.15) is 19.3 Å². The van der Waals surface area contributed by atoms with Gasteiger partial charge in [0, 0.05) is 42.9 Å². The van der Waals surface area contributed by atoms with Gasteiger partial charge in [-0.2, -0.15) is 0 Å². The second-order valence-corrected chi connectivity index (χ2v) is 6.00. The summed E-state index contributed by atoms with van der Waals surface area (Å²) in [6.45, 7) is 4.11. The van der Waals surface area contributed by atoms with E-state index in [1.807, 2.05) is 18.2 Å². The van der Waals surface area contributed by atoms with Gasteiger partial charge >= 0.3 is 0 Å². The molecule has 2 unspecified atom stereocenters. The van der Waals surface area contributed by atoms with E-state index in [-0.39, 0.29) is 6.10 Å². The molecule has 3 rings (SSSR count). The van der Waals surface area contributed by atoms with Crippen LogP contribution in [0.3, 0.4) is 0 Å². The zero-order chi connectivity index (χ0) is 13.2. The van der Waals surface area contributed by atoms with Crippen LogP contribution in [-0.2, 0) is 0 Å². The molecule has 2 atom stereocenters. The summed E-state index contributed by atoms with van der Waals surface area (Å²) in [7, 11) is 0. The minimum absolute atomic E-state index is 0.113. The van der Waals surface area contributed by atoms with Crippen molar-refractivity contribution in [2.24, 2.45) is 0 Å². The van der Waals surface area contributed by atoms with Crippen molar-refractivity contribution < 1.29 is 5.11 Å². The van der Waals surface area contributed by atoms with Crippen molar-refractivity contribution in [1.29, 1.82) is 0 Å². The van der Waals surface area contributed by atoms with Crippen LogP contribution in [0.4, 0.5) is 5.69 Å². The van der Waals surface area contributed by atoms with E-state index in [0.29, 0.717) is 6.04 Å². The molecule has 0 radical (unpaired) electrons. The van der Waals surface area contributed by atoms with E-state index in [9.17, 15) is 5.11 Å². The number of anilines is 1. The fourth-order valence-corrected chi connectivity index (χ4v) is 3.52. The van der Waals surface area contributed by atoms with Crippen LogP contribution in [-0.4, -0.2) is 48.3 Å². The molecule has 0 spiro atoms. The number of aliphatic hydroxyl groups is 1. The number of aliphatic hydroxyl groups excluding tert-OH is 1. The fraction of sp³-hybridized carbons (Fsp3) is 0.600. The summed E-state index contributed by atoms with van der Waals surface area (Å²) in [5, 5.41) is 10.8. The van der Waals surface area contributed by atoms with Crippen LogP contribution >= 0.6 is 11.6 Å². The van der Waals surface area contributed by atoms with Crippen LogP contribution in [0, 0.1) is 0 Å². The molecular formula is C15H21ClN2O. The molecule has 3 nitrogen and oxygen atoms in total. The summed E-state index contributed by atoms with van der Waals surface area (Å²) >= 11 is 6.05. The Morgan fingerprint density at radius 1 is 1.11 bits per heavy atom. The van der Waals surface area contributed by atoms with Gasteiger partial charge in [0.15, 0.2) is 0 Å². The van der Waals surface area contributed by atoms with Gasteiger partial charge in [0.2, 0.25) is 0 Å². The van der Waals surface area contributed by atoms with E-state index in [0.717, 1.165) is 44.0 Å². The number of halogens is 1. The Morgan fingerprint density at radius 2 is 1.89 bits per heavy atom. The number of hydrogen-bond donors (Lipinski definition) is 1. The standard InChI is InChI=1S/C15H21ClN2O/c16-12-3-1-4-13(11-12)17-7-9-18(10-8-17)14-5-2-6-15(14)19/h1,3-4,11,14-15,19H,2,5-10H2. The van der Waals surface area contributed by atoms with Gasteiger partial charge in [0.05, 0.1) is 6.10 Å². The molecule has 4 heteroatoms. The highest BCUT2D eigenvalue weighted by Crippen LogP contribution is 2.26. The van der Waals surface area contributed by atoms with Crippen molar-refractivity contribution in [3.63, 3.8) is 0 Å². The highest BCUT2D eigenvalue weighted by atomic mass is 35.5. The summed E-state index contributed by atoms with van der Waals surface area (Å²) in [4.78, 5) is 4.84. The average molecular weight is 281 g/mol. The van der Waals surface area contributed by atoms with Crippen LogP contribution in [0.15, 0.2) is 24.3 Å². The lowest BCUT2D eigenvalue weighted by molar-refractivity contribution is 0.0671. The molecule has 1 aromatic carbocycles. The van der Waals surface area contributed by atoms with E-state index in [1.54, 1.807) is 0 Å². The molecule has 1 aliphatic heterocycles. The maximum absolute atomic E-state index is 9.99. The van der Waals surface area contributed by atoms with E-state index in [1.165, 1.54) is 12.1 Å². The SMILES string of the molecule is OC1CCCC1N1CCN(c2cccc(Cl)c2)CC1. The second-order valence-electron chi connectivity index (χ2n) is 5.57. The Labute approximate surface area is 119 Å². The van der Waals surface area contributed by atoms with Crippen molar-refractivity contribution in [2.45, 2.75) is 31.4 Å². The van der Waals surface area contributed by atoms with Crippen LogP contribution < -0.4 is 4.90 Å². The van der Waals surface area contributed by atoms with Gasteiger partial charge in [0.1, 0.15) is 0 Å². The second kappa shape index (κ2) is 5.70. The predicted octanol–water partition coefficient (Wildman–Crippen LogP) is 2.38. The van der Waals surface area contributed by atoms with Gasteiger partial charge in [-0.3, -0.25) is 4.90 Å². The molecule has 1 saturated carbocycles. The van der Waals surface area contributed by atoms with Gasteiger partial charge in [-0.1, -0.05) is 17.7 Å². The maximum atomic E-state index is 9.99. The number of benzene rings is 1. The third-order valence-electron chi connectivity index (χ3n) is 4.40. The lowest BCUT2D eigenvalue weighted by atomic mass is 10.1. The molecule has 2 fully saturated rings. The Balaban J connectivity index is 1.60. The maximum Gasteiger partial charge on any atom is 0.0695 e. The Hall–Kier alpha value is -0.770. The molecule has 0 aromatic heterocycles. The van der Waals surface area contributed by atoms with Crippen LogP contribution in [0.5, 0.6) is 0 Å². The molecule has 1 aliphatic carbocycles. The van der Waals surface area contributed by atoms with Gasteiger partial charge in [0.25, 0.3) is 0 Å². The Bertz CT molecular complexity index is 432. The first-order valence-electron chi connectivity index (χ1n) is 7.17. The van der Waals surface area contributed by atoms with Crippen molar-refractivity contribution in [3.05, 3.63) is 29.3 Å². The summed E-state index contributed by atoms with van der Waals surface area (Å²) in [5.74, 6) is 0. The number of nitrogens with zero attached hydrogens (tertiary/aromatic N) is 2. The molecule has 1 aromatic rings. The lowest BCUT2D eigenvalue weighted by Crippen LogP contribution is -2.52. The van der Waals surface area contributed by atoms with E-state index in [2.05, 4.69) is 15.9 Å². The van der Waals surface area contributed by atoms with Crippen LogP contribution in [0.2, 0.25) is 5.02 Å². The van der Waals surface area contributed by atoms with Crippen molar-refractivity contribution in [1.82, 2.24) is 4.90 Å². The van der Waals surface area contributed by atoms with Crippen LogP contribution in [0.25, 0.3) is 0 Å². The predicted molar refractivity (Wildman–Crippen MR) is 78.9 cm³/mol. The first-order chi connectivity index (χ1) is 9.24. The summed E-state index contributed by atoms with van der Waals surface area (Å²) in [6.07, 6.45) is 3.18. The smallest absolute Gasteiger partial charge is 0.0695 e. The monoisotopic (exact) mass is 280 g/mol. The van der Waals surface area contributed by atoms with Crippen molar-refractivity contribution in [2.75, 3.05) is 31.1 Å². The first-order valence-corrected chi connectivity index (χ1v) is 7.54. The van der Waals surface area contributed by atoms with E-state index < -0.39 is 0 Å². The van der Waals surface area contributed by atoms with E-state index in [4.69, 9.17) is 11.6 Å². The molecule has 2 aliphatic rings. The summed E-state index contributed by atoms with van der Waals surface area (Å²) in [5.41, 5.74) is 1.21. The zero-order valence-corrected chi connectivity index (χ0v) is 11.9. The molecule has 104 valence electrons. The number of rotatable bonds is 2. The van der Waals surface area contributed by atoms with Crippen molar-refractivity contribution >= 4 is 17.3 Å². The van der Waals surface area contributed by atoms with E-state index >= 15 is 0 Å². The van der Waals surface area contributed by atoms with Crippen molar-refractivity contribution in [3.8, 4) is 0 Å². The Kier molecular flexibility index (Phi) is 3.96. The number of hydrogen-bond acceptors (Lipinski definition) is 3. The van der Waals surface area contributed by atoms with Gasteiger partial charge < -0.3 is 10.0 Å². The zero-order valence-electron chi connectivity index (χ0n) is 11.1. The van der Waals surface area contributed by atoms with Gasteiger partial charge in [-0.25, -0.2) is 0 Å². The largest absolute Gasteiger partial charge is 0.391 e.